The molecule has 1 fully saturated rings. The van der Waals surface area contributed by atoms with Crippen LogP contribution in [0.4, 0.5) is 0 Å². The summed E-state index contributed by atoms with van der Waals surface area (Å²) >= 11 is 0. The van der Waals surface area contributed by atoms with Gasteiger partial charge in [-0.3, -0.25) is 10.0 Å². The largest absolute Gasteiger partial charge is 0.457 e. The van der Waals surface area contributed by atoms with Crippen molar-refractivity contribution in [2.24, 2.45) is 5.16 Å². The second-order valence-electron chi connectivity index (χ2n) is 5.97. The highest BCUT2D eigenvalue weighted by Gasteiger charge is 2.42. The van der Waals surface area contributed by atoms with Gasteiger partial charge in [-0.1, -0.05) is 23.4 Å². The zero-order valence-corrected chi connectivity index (χ0v) is 15.8. The van der Waals surface area contributed by atoms with Gasteiger partial charge in [0.15, 0.2) is 0 Å². The maximum absolute atomic E-state index is 13.0. The molecule has 10 heteroatoms. The number of carbonyl (C=O) groups excluding carboxylic acids is 1. The van der Waals surface area contributed by atoms with E-state index in [2.05, 4.69) is 9.99 Å². The summed E-state index contributed by atoms with van der Waals surface area (Å²) in [6, 6.07) is 13.8. The molecule has 0 aromatic heterocycles. The predicted octanol–water partition coefficient (Wildman–Crippen LogP) is 1.75. The lowest BCUT2D eigenvalue weighted by atomic mass is 10.2. The fraction of sp³-hybridized carbons (Fsp3) is 0.222. The van der Waals surface area contributed by atoms with Gasteiger partial charge in [0.05, 0.1) is 17.2 Å². The Morgan fingerprint density at radius 3 is 2.39 bits per heavy atom. The van der Waals surface area contributed by atoms with E-state index in [1.165, 1.54) is 36.9 Å². The maximum atomic E-state index is 13.0. The van der Waals surface area contributed by atoms with Crippen molar-refractivity contribution in [1.82, 2.24) is 9.79 Å². The van der Waals surface area contributed by atoms with Crippen molar-refractivity contribution in [1.29, 1.82) is 0 Å². The summed E-state index contributed by atoms with van der Waals surface area (Å²) in [6.45, 7) is -0.115. The molecule has 2 aromatic rings. The van der Waals surface area contributed by atoms with E-state index in [-0.39, 0.29) is 17.9 Å². The zero-order chi connectivity index (χ0) is 20.1. The minimum atomic E-state index is -4.01. The van der Waals surface area contributed by atoms with Gasteiger partial charge in [-0.2, -0.15) is 4.31 Å². The second kappa shape index (κ2) is 8.38. The Morgan fingerprint density at radius 1 is 1.14 bits per heavy atom. The number of hydrogen-bond acceptors (Lipinski definition) is 7. The minimum Gasteiger partial charge on any atom is -0.457 e. The van der Waals surface area contributed by atoms with Crippen LogP contribution in [0.3, 0.4) is 0 Å². The van der Waals surface area contributed by atoms with Crippen LogP contribution in [0.15, 0.2) is 64.6 Å². The Morgan fingerprint density at radius 2 is 1.79 bits per heavy atom. The van der Waals surface area contributed by atoms with Crippen molar-refractivity contribution in [3.63, 3.8) is 0 Å². The lowest BCUT2D eigenvalue weighted by Gasteiger charge is -2.21. The summed E-state index contributed by atoms with van der Waals surface area (Å²) in [5.41, 5.74) is 1.88. The monoisotopic (exact) mass is 405 g/mol. The van der Waals surface area contributed by atoms with E-state index in [1.807, 2.05) is 18.2 Å². The van der Waals surface area contributed by atoms with E-state index in [0.717, 1.165) is 4.31 Å². The number of oxime groups is 1. The number of sulfonamides is 1. The highest BCUT2D eigenvalue weighted by atomic mass is 32.2. The quantitative estimate of drug-likeness (QED) is 0.558. The Kier molecular flexibility index (Phi) is 5.93. The van der Waals surface area contributed by atoms with Gasteiger partial charge in [-0.05, 0) is 36.4 Å². The first kappa shape index (κ1) is 19.8. The van der Waals surface area contributed by atoms with Gasteiger partial charge in [0, 0.05) is 6.42 Å². The van der Waals surface area contributed by atoms with Crippen LogP contribution in [0.2, 0.25) is 0 Å². The third kappa shape index (κ3) is 4.14. The Bertz CT molecular complexity index is 961. The zero-order valence-electron chi connectivity index (χ0n) is 15.0. The number of nitrogens with one attached hydrogen (secondary N) is 1. The van der Waals surface area contributed by atoms with E-state index in [9.17, 15) is 13.2 Å². The van der Waals surface area contributed by atoms with Gasteiger partial charge >= 0.3 is 0 Å². The van der Waals surface area contributed by atoms with Crippen LogP contribution >= 0.6 is 0 Å². The van der Waals surface area contributed by atoms with Crippen molar-refractivity contribution in [3.05, 3.63) is 54.6 Å². The summed E-state index contributed by atoms with van der Waals surface area (Å²) in [5, 5.41) is 12.7. The summed E-state index contributed by atoms with van der Waals surface area (Å²) in [4.78, 5) is 16.6. The highest BCUT2D eigenvalue weighted by molar-refractivity contribution is 7.89. The Labute approximate surface area is 162 Å². The van der Waals surface area contributed by atoms with Crippen LogP contribution in [-0.2, 0) is 19.7 Å². The molecule has 0 spiro atoms. The molecule has 1 saturated heterocycles. The topological polar surface area (TPSA) is 118 Å². The van der Waals surface area contributed by atoms with E-state index < -0.39 is 22.0 Å². The second-order valence-corrected chi connectivity index (χ2v) is 7.86. The molecule has 0 saturated carbocycles. The average molecular weight is 405 g/mol. The van der Waals surface area contributed by atoms with Crippen LogP contribution in [0.25, 0.3) is 0 Å². The molecule has 2 aromatic carbocycles. The number of benzene rings is 2. The van der Waals surface area contributed by atoms with Crippen molar-refractivity contribution >= 4 is 21.6 Å². The summed E-state index contributed by atoms with van der Waals surface area (Å²) in [6.07, 6.45) is 0.0225. The molecule has 1 aliphatic rings. The van der Waals surface area contributed by atoms with Crippen LogP contribution in [0, 0.1) is 0 Å². The van der Waals surface area contributed by atoms with Crippen molar-refractivity contribution in [2.75, 3.05) is 13.7 Å². The van der Waals surface area contributed by atoms with Gasteiger partial charge in [0.25, 0.3) is 5.91 Å². The molecular formula is C18H19N3O6S. The third-order valence-electron chi connectivity index (χ3n) is 4.16. The van der Waals surface area contributed by atoms with Gasteiger partial charge in [0.2, 0.25) is 10.0 Å². The molecule has 0 aliphatic carbocycles. The molecule has 0 radical (unpaired) electrons. The van der Waals surface area contributed by atoms with Crippen molar-refractivity contribution < 1.29 is 28.0 Å². The molecule has 1 amide bonds. The number of ether oxygens (including phenoxy) is 1. The lowest BCUT2D eigenvalue weighted by Crippen LogP contribution is -2.44. The number of rotatable bonds is 6. The molecular weight excluding hydrogens is 386 g/mol. The summed E-state index contributed by atoms with van der Waals surface area (Å²) < 4.78 is 32.7. The Balaban J connectivity index is 1.84. The number of nitrogens with zero attached hydrogens (tertiary/aromatic N) is 2. The molecule has 9 nitrogen and oxygen atoms in total. The summed E-state index contributed by atoms with van der Waals surface area (Å²) in [7, 11) is -2.68. The normalized spacial score (nSPS) is 18.8. The van der Waals surface area contributed by atoms with E-state index in [0.29, 0.717) is 17.2 Å². The molecule has 28 heavy (non-hydrogen) atoms. The minimum absolute atomic E-state index is 0.0117. The van der Waals surface area contributed by atoms with Crippen molar-refractivity contribution in [2.45, 2.75) is 17.4 Å². The third-order valence-corrected chi connectivity index (χ3v) is 6.03. The number of carbonyl (C=O) groups is 1. The van der Waals surface area contributed by atoms with E-state index in [1.54, 1.807) is 12.1 Å². The van der Waals surface area contributed by atoms with E-state index >= 15 is 0 Å². The van der Waals surface area contributed by atoms with Gasteiger partial charge in [-0.25, -0.2) is 13.9 Å². The van der Waals surface area contributed by atoms with E-state index in [4.69, 9.17) is 9.94 Å². The Hall–Kier alpha value is -2.95. The highest BCUT2D eigenvalue weighted by Crippen LogP contribution is 2.28. The number of hydrogen-bond donors (Lipinski definition) is 2. The first-order valence-corrected chi connectivity index (χ1v) is 9.77. The lowest BCUT2D eigenvalue weighted by molar-refractivity contribution is -0.132. The van der Waals surface area contributed by atoms with Gasteiger partial charge < -0.3 is 9.57 Å². The summed E-state index contributed by atoms with van der Waals surface area (Å²) in [5.74, 6) is 0.254. The molecule has 3 rings (SSSR count). The fourth-order valence-electron chi connectivity index (χ4n) is 2.87. The molecule has 2 N–H and O–H groups in total. The first-order valence-electron chi connectivity index (χ1n) is 8.33. The first-order chi connectivity index (χ1) is 13.5. The number of hydroxylamine groups is 1. The molecule has 0 bridgehead atoms. The van der Waals surface area contributed by atoms with Crippen molar-refractivity contribution in [3.8, 4) is 11.5 Å². The average Bonchev–Trinajstić information content (AvgIpc) is 3.14. The molecule has 1 atom stereocenters. The molecule has 1 heterocycles. The number of para-hydroxylation sites is 1. The van der Waals surface area contributed by atoms with Crippen LogP contribution in [-0.4, -0.2) is 49.2 Å². The molecule has 148 valence electrons. The van der Waals surface area contributed by atoms with Gasteiger partial charge in [0.1, 0.15) is 24.7 Å². The van der Waals surface area contributed by atoms with Crippen LogP contribution in [0.5, 0.6) is 11.5 Å². The SMILES string of the molecule is CO/N=C1/C[C@@H](C(=O)NO)N(S(=O)(=O)c2ccc(Oc3ccccc3)cc2)C1. The molecule has 1 aliphatic heterocycles. The standard InChI is InChI=1S/C18H19N3O6S/c1-26-20-13-11-17(18(22)19-23)21(12-13)28(24,25)16-9-7-15(8-10-16)27-14-5-3-2-4-6-14/h2-10,17,23H,11-12H2,1H3,(H,19,22)/b20-13-/t17-/m0/s1. The van der Waals surface area contributed by atoms with Crippen LogP contribution < -0.4 is 10.2 Å². The maximum Gasteiger partial charge on any atom is 0.262 e. The smallest absolute Gasteiger partial charge is 0.262 e. The fourth-order valence-corrected chi connectivity index (χ4v) is 4.44. The number of amides is 1. The van der Waals surface area contributed by atoms with Crippen LogP contribution in [0.1, 0.15) is 6.42 Å². The van der Waals surface area contributed by atoms with Gasteiger partial charge in [-0.15, -0.1) is 0 Å². The predicted molar refractivity (Wildman–Crippen MR) is 99.6 cm³/mol. The molecule has 0 unspecified atom stereocenters.